The van der Waals surface area contributed by atoms with Crippen molar-refractivity contribution in [3.8, 4) is 11.6 Å². The van der Waals surface area contributed by atoms with Crippen molar-refractivity contribution in [2.24, 2.45) is 17.8 Å². The third-order valence-electron chi connectivity index (χ3n) is 8.65. The zero-order valence-corrected chi connectivity index (χ0v) is 22.9. The molecule has 2 aliphatic rings. The van der Waals surface area contributed by atoms with Gasteiger partial charge < -0.3 is 14.6 Å². The van der Waals surface area contributed by atoms with Crippen LogP contribution in [0.4, 0.5) is 5.82 Å². The molecule has 10 nitrogen and oxygen atoms in total. The Labute approximate surface area is 227 Å². The van der Waals surface area contributed by atoms with Crippen LogP contribution in [0, 0.1) is 17.8 Å². The van der Waals surface area contributed by atoms with Crippen molar-refractivity contribution in [1.29, 1.82) is 0 Å². The van der Waals surface area contributed by atoms with Gasteiger partial charge >= 0.3 is 5.76 Å². The lowest BCUT2D eigenvalue weighted by Crippen LogP contribution is -2.31. The molecule has 0 saturated heterocycles. The van der Waals surface area contributed by atoms with E-state index in [2.05, 4.69) is 46.0 Å². The third-order valence-corrected chi connectivity index (χ3v) is 8.65. The number of ether oxygens (including phenoxy) is 1. The molecule has 2 N–H and O–H groups in total. The van der Waals surface area contributed by atoms with Crippen molar-refractivity contribution >= 4 is 17.0 Å². The molecule has 2 atom stereocenters. The zero-order chi connectivity index (χ0) is 26.9. The van der Waals surface area contributed by atoms with Gasteiger partial charge in [0.2, 0.25) is 11.6 Å². The number of H-pyrrole nitrogens is 1. The summed E-state index contributed by atoms with van der Waals surface area (Å²) in [5, 5.41) is 7.54. The number of benzene rings is 1. The molecular weight excluding hydrogens is 494 g/mol. The summed E-state index contributed by atoms with van der Waals surface area (Å²) in [6.07, 6.45) is 8.15. The van der Waals surface area contributed by atoms with E-state index in [9.17, 15) is 4.79 Å². The first-order valence-corrected chi connectivity index (χ1v) is 14.2. The van der Waals surface area contributed by atoms with Gasteiger partial charge in [-0.3, -0.25) is 9.51 Å². The van der Waals surface area contributed by atoms with Gasteiger partial charge in [-0.1, -0.05) is 61.7 Å². The highest BCUT2D eigenvalue weighted by Gasteiger charge is 2.30. The number of aromatic nitrogens is 6. The van der Waals surface area contributed by atoms with Crippen LogP contribution in [0.15, 0.2) is 39.6 Å². The second-order valence-corrected chi connectivity index (χ2v) is 11.4. The van der Waals surface area contributed by atoms with Crippen LogP contribution in [0.25, 0.3) is 22.8 Å². The van der Waals surface area contributed by atoms with E-state index in [1.807, 2.05) is 18.2 Å². The average molecular weight is 532 g/mol. The monoisotopic (exact) mass is 531 g/mol. The number of fused-ring (bicyclic) bond motifs is 1. The second-order valence-electron chi connectivity index (χ2n) is 11.4. The van der Waals surface area contributed by atoms with Crippen LogP contribution in [0.5, 0.6) is 0 Å². The Morgan fingerprint density at radius 3 is 2.51 bits per heavy atom. The molecule has 10 heteroatoms. The molecule has 1 unspecified atom stereocenters. The minimum absolute atomic E-state index is 0.185. The number of nitrogens with one attached hydrogen (secondary N) is 2. The quantitative estimate of drug-likeness (QED) is 0.297. The van der Waals surface area contributed by atoms with E-state index in [4.69, 9.17) is 24.2 Å². The van der Waals surface area contributed by atoms with Crippen LogP contribution in [0.1, 0.15) is 76.3 Å². The third kappa shape index (κ3) is 5.22. The highest BCUT2D eigenvalue weighted by Crippen LogP contribution is 2.37. The second kappa shape index (κ2) is 10.9. The Morgan fingerprint density at radius 2 is 1.87 bits per heavy atom. The minimum Gasteiger partial charge on any atom is -0.369 e. The molecule has 0 amide bonds. The van der Waals surface area contributed by atoms with Crippen LogP contribution in [-0.4, -0.2) is 42.8 Å². The lowest BCUT2D eigenvalue weighted by molar-refractivity contribution is 0.124. The number of imidazole rings is 1. The van der Waals surface area contributed by atoms with Gasteiger partial charge in [0.1, 0.15) is 17.4 Å². The van der Waals surface area contributed by atoms with Gasteiger partial charge in [0, 0.05) is 19.7 Å². The van der Waals surface area contributed by atoms with E-state index < -0.39 is 5.76 Å². The number of hydrogen-bond acceptors (Lipinski definition) is 8. The van der Waals surface area contributed by atoms with Crippen molar-refractivity contribution in [1.82, 2.24) is 29.7 Å². The molecule has 1 aromatic carbocycles. The summed E-state index contributed by atoms with van der Waals surface area (Å²) in [5.41, 5.74) is 2.44. The Morgan fingerprint density at radius 1 is 1.10 bits per heavy atom. The van der Waals surface area contributed by atoms with Crippen molar-refractivity contribution < 1.29 is 9.26 Å². The maximum Gasteiger partial charge on any atom is 0.439 e. The summed E-state index contributed by atoms with van der Waals surface area (Å²) in [7, 11) is 1.72. The predicted molar refractivity (Wildman–Crippen MR) is 148 cm³/mol. The molecule has 2 aliphatic carbocycles. The normalized spacial score (nSPS) is 21.5. The van der Waals surface area contributed by atoms with E-state index in [0.29, 0.717) is 23.3 Å². The van der Waals surface area contributed by atoms with Crippen molar-refractivity contribution in [3.05, 3.63) is 52.3 Å². The van der Waals surface area contributed by atoms with E-state index >= 15 is 0 Å². The van der Waals surface area contributed by atoms with Gasteiger partial charge in [-0.15, -0.1) is 0 Å². The van der Waals surface area contributed by atoms with Gasteiger partial charge in [0.15, 0.2) is 11.5 Å². The van der Waals surface area contributed by atoms with E-state index in [0.717, 1.165) is 29.4 Å². The molecule has 3 aromatic heterocycles. The minimum atomic E-state index is -0.646. The first kappa shape index (κ1) is 25.7. The van der Waals surface area contributed by atoms with E-state index in [1.54, 1.807) is 7.11 Å². The first-order valence-electron chi connectivity index (χ1n) is 14.2. The number of hydrogen-bond donors (Lipinski definition) is 2. The Bertz CT molecular complexity index is 1470. The highest BCUT2D eigenvalue weighted by molar-refractivity contribution is 5.86. The summed E-state index contributed by atoms with van der Waals surface area (Å²) in [4.78, 5) is 29.0. The fourth-order valence-corrected chi connectivity index (χ4v) is 6.03. The van der Waals surface area contributed by atoms with Crippen LogP contribution in [0.3, 0.4) is 0 Å². The topological polar surface area (TPSA) is 124 Å². The fraction of sp³-hybridized carbons (Fsp3) is 0.552. The maximum absolute atomic E-state index is 11.7. The maximum atomic E-state index is 11.7. The molecule has 0 aliphatic heterocycles. The van der Waals surface area contributed by atoms with Gasteiger partial charge in [-0.05, 0) is 55.9 Å². The van der Waals surface area contributed by atoms with Crippen LogP contribution in [-0.2, 0) is 11.3 Å². The first-order chi connectivity index (χ1) is 19.0. The number of rotatable bonds is 9. The fourth-order valence-electron chi connectivity index (χ4n) is 6.03. The molecule has 0 bridgehead atoms. The number of aromatic amines is 1. The van der Waals surface area contributed by atoms with Crippen LogP contribution < -0.4 is 11.1 Å². The largest absolute Gasteiger partial charge is 0.439 e. The molecule has 4 aromatic rings. The Balaban J connectivity index is 1.52. The van der Waals surface area contributed by atoms with Crippen LogP contribution in [0.2, 0.25) is 0 Å². The number of methoxy groups -OCH3 is 1. The highest BCUT2D eigenvalue weighted by atomic mass is 16.5. The van der Waals surface area contributed by atoms with Crippen molar-refractivity contribution in [2.75, 3.05) is 12.4 Å². The number of nitrogens with zero attached hydrogens (tertiary/aromatic N) is 5. The number of anilines is 1. The molecule has 2 fully saturated rings. The predicted octanol–water partition coefficient (Wildman–Crippen LogP) is 5.33. The SMILES string of the molecule is COC(c1ccccc1)c1nc2nc(-c3noc(=O)[nH]3)nc(N[C@H](C)C3CCC3)c2n1C[C@H]1CC[C@H](C)CC1. The smallest absolute Gasteiger partial charge is 0.369 e. The van der Waals surface area contributed by atoms with E-state index in [-0.39, 0.29) is 23.8 Å². The Hall–Kier alpha value is -3.53. The van der Waals surface area contributed by atoms with Gasteiger partial charge in [-0.25, -0.2) is 19.7 Å². The molecule has 39 heavy (non-hydrogen) atoms. The van der Waals surface area contributed by atoms with Gasteiger partial charge in [0.05, 0.1) is 0 Å². The van der Waals surface area contributed by atoms with Gasteiger partial charge in [0.25, 0.3) is 0 Å². The zero-order valence-electron chi connectivity index (χ0n) is 22.9. The lowest BCUT2D eigenvalue weighted by Gasteiger charge is -2.32. The molecule has 2 saturated carbocycles. The summed E-state index contributed by atoms with van der Waals surface area (Å²) < 4.78 is 13.1. The molecule has 206 valence electrons. The van der Waals surface area contributed by atoms with Crippen molar-refractivity contribution in [3.63, 3.8) is 0 Å². The van der Waals surface area contributed by atoms with Crippen LogP contribution >= 0.6 is 0 Å². The summed E-state index contributed by atoms with van der Waals surface area (Å²) in [5.74, 6) is 3.21. The summed E-state index contributed by atoms with van der Waals surface area (Å²) in [6, 6.07) is 10.4. The average Bonchev–Trinajstić information content (AvgIpc) is 3.49. The molecule has 6 rings (SSSR count). The molecule has 3 heterocycles. The molecular formula is C29H37N7O3. The standard InChI is InChI=1S/C29H37N7O3/c1-17-12-14-19(15-13-17)16-36-22-24(30-18(2)20-10-7-11-20)31-26(27-34-29(37)39-35-27)32-25(22)33-28(36)23(38-3)21-8-5-4-6-9-21/h4-6,8-9,17-20,23H,7,10-16H2,1-3H3,(H,30,31,32)(H,34,35,37)/t17-,18-,19-,23?/m1/s1. The summed E-state index contributed by atoms with van der Waals surface area (Å²) in [6.45, 7) is 5.38. The summed E-state index contributed by atoms with van der Waals surface area (Å²) >= 11 is 0. The van der Waals surface area contributed by atoms with Gasteiger partial charge in [-0.2, -0.15) is 0 Å². The molecule has 0 spiro atoms. The lowest BCUT2D eigenvalue weighted by atomic mass is 9.80. The Kier molecular flexibility index (Phi) is 7.20. The van der Waals surface area contributed by atoms with Crippen molar-refractivity contribution in [2.45, 2.75) is 77.5 Å². The van der Waals surface area contributed by atoms with E-state index in [1.165, 1.54) is 44.9 Å². The molecule has 0 radical (unpaired) electrons.